The van der Waals surface area contributed by atoms with Crippen LogP contribution in [0, 0.1) is 5.82 Å². The molecule has 0 aromatic heterocycles. The van der Waals surface area contributed by atoms with Crippen molar-refractivity contribution in [2.24, 2.45) is 5.10 Å². The summed E-state index contributed by atoms with van der Waals surface area (Å²) in [5.74, 6) is -0.288. The van der Waals surface area contributed by atoms with Gasteiger partial charge >= 0.3 is 0 Å². The number of hydrogen-bond donors (Lipinski definition) is 2. The largest absolute Gasteiger partial charge is 0.493 e. The maximum Gasteiger partial charge on any atom is 0.259 e. The fraction of sp³-hybridized carbons (Fsp3) is 0.211. The van der Waals surface area contributed by atoms with Crippen LogP contribution in [0.25, 0.3) is 0 Å². The van der Waals surface area contributed by atoms with Crippen molar-refractivity contribution in [1.29, 1.82) is 0 Å². The summed E-state index contributed by atoms with van der Waals surface area (Å²) in [4.78, 5) is 23.7. The second kappa shape index (κ2) is 9.33. The Morgan fingerprint density at radius 3 is 2.26 bits per heavy atom. The van der Waals surface area contributed by atoms with E-state index in [0.29, 0.717) is 17.2 Å². The monoisotopic (exact) mass is 373 g/mol. The molecule has 2 N–H and O–H groups in total. The van der Waals surface area contributed by atoms with Crippen LogP contribution >= 0.6 is 0 Å². The Kier molecular flexibility index (Phi) is 6.87. The number of benzene rings is 2. The van der Waals surface area contributed by atoms with Crippen molar-refractivity contribution in [3.8, 4) is 11.5 Å². The first-order valence-electron chi connectivity index (χ1n) is 8.04. The molecule has 0 fully saturated rings. The van der Waals surface area contributed by atoms with Crippen molar-refractivity contribution < 1.29 is 23.5 Å². The van der Waals surface area contributed by atoms with E-state index < -0.39 is 17.6 Å². The van der Waals surface area contributed by atoms with Crippen LogP contribution in [0.2, 0.25) is 0 Å². The quantitative estimate of drug-likeness (QED) is 0.575. The van der Waals surface area contributed by atoms with E-state index in [0.717, 1.165) is 5.56 Å². The third-order valence-corrected chi connectivity index (χ3v) is 3.67. The molecule has 0 saturated carbocycles. The summed E-state index contributed by atoms with van der Waals surface area (Å²) in [5.41, 5.74) is 3.91. The number of halogens is 1. The van der Waals surface area contributed by atoms with E-state index in [-0.39, 0.29) is 12.1 Å². The van der Waals surface area contributed by atoms with Gasteiger partial charge in [-0.2, -0.15) is 5.10 Å². The van der Waals surface area contributed by atoms with Crippen LogP contribution in [-0.2, 0) is 4.79 Å². The predicted molar refractivity (Wildman–Crippen MR) is 98.6 cm³/mol. The molecule has 0 saturated heterocycles. The molecule has 0 unspecified atom stereocenters. The van der Waals surface area contributed by atoms with E-state index in [9.17, 15) is 14.0 Å². The molecule has 0 radical (unpaired) electrons. The summed E-state index contributed by atoms with van der Waals surface area (Å²) in [6.07, 6.45) is 0. The lowest BCUT2D eigenvalue weighted by Crippen LogP contribution is -2.35. The van der Waals surface area contributed by atoms with Gasteiger partial charge in [0, 0.05) is 11.1 Å². The molecule has 0 heterocycles. The second-order valence-corrected chi connectivity index (χ2v) is 5.49. The first-order valence-corrected chi connectivity index (χ1v) is 8.04. The Hall–Kier alpha value is -3.42. The summed E-state index contributed by atoms with van der Waals surface area (Å²) in [5, 5.41) is 6.44. The third kappa shape index (κ3) is 5.53. The molecule has 0 spiro atoms. The molecule has 2 aromatic rings. The van der Waals surface area contributed by atoms with Crippen LogP contribution in [0.15, 0.2) is 47.6 Å². The lowest BCUT2D eigenvalue weighted by molar-refractivity contribution is -0.120. The van der Waals surface area contributed by atoms with Crippen LogP contribution < -0.4 is 20.2 Å². The van der Waals surface area contributed by atoms with Crippen molar-refractivity contribution in [3.05, 3.63) is 59.4 Å². The standard InChI is InChI=1S/C19H20FN3O4/c1-12(14-6-9-16(26-2)17(10-14)27-3)22-23-18(24)11-21-19(25)13-4-7-15(20)8-5-13/h4-10H,11H2,1-3H3,(H,21,25)(H,23,24)/b22-12-. The summed E-state index contributed by atoms with van der Waals surface area (Å²) in [6.45, 7) is 1.46. The van der Waals surface area contributed by atoms with Gasteiger partial charge in [0.2, 0.25) is 0 Å². The normalized spacial score (nSPS) is 10.9. The first-order chi connectivity index (χ1) is 12.9. The van der Waals surface area contributed by atoms with Crippen molar-refractivity contribution in [2.45, 2.75) is 6.92 Å². The summed E-state index contributed by atoms with van der Waals surface area (Å²) in [7, 11) is 3.07. The lowest BCUT2D eigenvalue weighted by atomic mass is 10.1. The molecular formula is C19H20FN3O4. The van der Waals surface area contributed by atoms with Crippen LogP contribution in [-0.4, -0.2) is 38.3 Å². The number of amides is 2. The highest BCUT2D eigenvalue weighted by atomic mass is 19.1. The maximum absolute atomic E-state index is 12.8. The zero-order valence-corrected chi connectivity index (χ0v) is 15.2. The van der Waals surface area contributed by atoms with Crippen molar-refractivity contribution in [1.82, 2.24) is 10.7 Å². The Labute approximate surface area is 156 Å². The van der Waals surface area contributed by atoms with Crippen molar-refractivity contribution >= 4 is 17.5 Å². The number of carbonyl (C=O) groups excluding carboxylic acids is 2. The van der Waals surface area contributed by atoms with Gasteiger partial charge < -0.3 is 14.8 Å². The van der Waals surface area contributed by atoms with Gasteiger partial charge in [0.25, 0.3) is 11.8 Å². The van der Waals surface area contributed by atoms with Crippen LogP contribution in [0.4, 0.5) is 4.39 Å². The number of hydrogen-bond acceptors (Lipinski definition) is 5. The minimum atomic E-state index is -0.495. The van der Waals surface area contributed by atoms with E-state index >= 15 is 0 Å². The molecule has 0 aliphatic carbocycles. The maximum atomic E-state index is 12.8. The average Bonchev–Trinajstić information content (AvgIpc) is 2.70. The van der Waals surface area contributed by atoms with E-state index in [4.69, 9.17) is 9.47 Å². The smallest absolute Gasteiger partial charge is 0.259 e. The number of carbonyl (C=O) groups is 2. The van der Waals surface area contributed by atoms with Gasteiger partial charge in [-0.05, 0) is 49.4 Å². The van der Waals surface area contributed by atoms with E-state index in [1.54, 1.807) is 32.2 Å². The predicted octanol–water partition coefficient (Wildman–Crippen LogP) is 2.11. The second-order valence-electron chi connectivity index (χ2n) is 5.49. The van der Waals surface area contributed by atoms with Crippen molar-refractivity contribution in [3.63, 3.8) is 0 Å². The summed E-state index contributed by atoms with van der Waals surface area (Å²) in [6, 6.07) is 10.3. The number of hydrazone groups is 1. The number of nitrogens with one attached hydrogen (secondary N) is 2. The zero-order valence-electron chi connectivity index (χ0n) is 15.2. The van der Waals surface area contributed by atoms with Gasteiger partial charge in [0.05, 0.1) is 26.5 Å². The number of nitrogens with zero attached hydrogens (tertiary/aromatic N) is 1. The van der Waals surface area contributed by atoms with Gasteiger partial charge in [-0.3, -0.25) is 9.59 Å². The van der Waals surface area contributed by atoms with Crippen LogP contribution in [0.5, 0.6) is 11.5 Å². The highest BCUT2D eigenvalue weighted by molar-refractivity contribution is 6.00. The molecule has 0 atom stereocenters. The summed E-state index contributed by atoms with van der Waals surface area (Å²) < 4.78 is 23.2. The van der Waals surface area contributed by atoms with E-state index in [1.807, 2.05) is 0 Å². The van der Waals surface area contributed by atoms with Gasteiger partial charge in [0.1, 0.15) is 5.82 Å². The molecular weight excluding hydrogens is 353 g/mol. The van der Waals surface area contributed by atoms with Gasteiger partial charge in [-0.1, -0.05) is 0 Å². The molecule has 7 nitrogen and oxygen atoms in total. The Morgan fingerprint density at radius 1 is 1.00 bits per heavy atom. The molecule has 0 aliphatic heterocycles. The molecule has 8 heteroatoms. The van der Waals surface area contributed by atoms with Gasteiger partial charge in [-0.15, -0.1) is 0 Å². The number of ether oxygens (including phenoxy) is 2. The zero-order chi connectivity index (χ0) is 19.8. The Balaban J connectivity index is 1.91. The molecule has 27 heavy (non-hydrogen) atoms. The molecule has 0 aliphatic rings. The molecule has 2 rings (SSSR count). The first kappa shape index (κ1) is 19.9. The van der Waals surface area contributed by atoms with E-state index in [2.05, 4.69) is 15.8 Å². The van der Waals surface area contributed by atoms with Gasteiger partial charge in [0.15, 0.2) is 11.5 Å². The molecule has 2 amide bonds. The SMILES string of the molecule is COc1ccc(/C(C)=N\NC(=O)CNC(=O)c2ccc(F)cc2)cc1OC. The van der Waals surface area contributed by atoms with Crippen molar-refractivity contribution in [2.75, 3.05) is 20.8 Å². The van der Waals surface area contributed by atoms with E-state index in [1.165, 1.54) is 31.4 Å². The third-order valence-electron chi connectivity index (χ3n) is 3.67. The van der Waals surface area contributed by atoms with Crippen LogP contribution in [0.3, 0.4) is 0 Å². The fourth-order valence-electron chi connectivity index (χ4n) is 2.18. The van der Waals surface area contributed by atoms with Crippen LogP contribution in [0.1, 0.15) is 22.8 Å². The minimum Gasteiger partial charge on any atom is -0.493 e. The van der Waals surface area contributed by atoms with Gasteiger partial charge in [-0.25, -0.2) is 9.82 Å². The Bertz CT molecular complexity index is 851. The molecule has 142 valence electrons. The topological polar surface area (TPSA) is 89.0 Å². The average molecular weight is 373 g/mol. The number of rotatable bonds is 7. The summed E-state index contributed by atoms with van der Waals surface area (Å²) >= 11 is 0. The fourth-order valence-corrected chi connectivity index (χ4v) is 2.18. The number of methoxy groups -OCH3 is 2. The molecule has 2 aromatic carbocycles. The minimum absolute atomic E-state index is 0.259. The lowest BCUT2D eigenvalue weighted by Gasteiger charge is -2.09. The molecule has 0 bridgehead atoms. The Morgan fingerprint density at radius 2 is 1.63 bits per heavy atom. The highest BCUT2D eigenvalue weighted by Crippen LogP contribution is 2.27. The highest BCUT2D eigenvalue weighted by Gasteiger charge is 2.09.